The minimum Gasteiger partial charge on any atom is -0.354 e. The van der Waals surface area contributed by atoms with Crippen LogP contribution in [0.25, 0.3) is 22.3 Å². The van der Waals surface area contributed by atoms with Gasteiger partial charge in [-0.05, 0) is 13.0 Å². The normalized spacial score (nSPS) is 10.9. The van der Waals surface area contributed by atoms with Gasteiger partial charge < -0.3 is 5.32 Å². The molecule has 0 atom stereocenters. The molecular formula is C13H11Cl2N5. The third-order valence-electron chi connectivity index (χ3n) is 2.85. The summed E-state index contributed by atoms with van der Waals surface area (Å²) in [6.45, 7) is 2.70. The Bertz CT molecular complexity index is 769. The molecule has 5 nitrogen and oxygen atoms in total. The summed E-state index contributed by atoms with van der Waals surface area (Å²) in [5.74, 6) is 0.523. The summed E-state index contributed by atoms with van der Waals surface area (Å²) in [6, 6.07) is 5.45. The second-order valence-electron chi connectivity index (χ2n) is 4.16. The predicted octanol–water partition coefficient (Wildman–Crippen LogP) is 3.76. The van der Waals surface area contributed by atoms with Crippen LogP contribution in [0.15, 0.2) is 24.4 Å². The van der Waals surface area contributed by atoms with E-state index in [0.29, 0.717) is 27.3 Å². The van der Waals surface area contributed by atoms with Gasteiger partial charge in [-0.25, -0.2) is 4.98 Å². The topological polar surface area (TPSA) is 66.5 Å². The molecule has 0 bridgehead atoms. The van der Waals surface area contributed by atoms with E-state index >= 15 is 0 Å². The molecule has 0 saturated heterocycles. The van der Waals surface area contributed by atoms with Crippen LogP contribution in [0.1, 0.15) is 6.92 Å². The van der Waals surface area contributed by atoms with Gasteiger partial charge in [0.1, 0.15) is 0 Å². The van der Waals surface area contributed by atoms with Gasteiger partial charge in [0.2, 0.25) is 5.95 Å². The van der Waals surface area contributed by atoms with Crippen molar-refractivity contribution in [1.82, 2.24) is 20.2 Å². The highest BCUT2D eigenvalue weighted by molar-refractivity contribution is 6.43. The Morgan fingerprint density at radius 1 is 1.25 bits per heavy atom. The third kappa shape index (κ3) is 2.19. The van der Waals surface area contributed by atoms with Gasteiger partial charge in [-0.15, -0.1) is 0 Å². The first-order valence-electron chi connectivity index (χ1n) is 6.10. The van der Waals surface area contributed by atoms with E-state index in [1.807, 2.05) is 19.1 Å². The van der Waals surface area contributed by atoms with E-state index in [-0.39, 0.29) is 0 Å². The van der Waals surface area contributed by atoms with E-state index in [1.165, 1.54) is 0 Å². The Morgan fingerprint density at radius 3 is 2.90 bits per heavy atom. The van der Waals surface area contributed by atoms with Gasteiger partial charge in [0, 0.05) is 12.1 Å². The Kier molecular flexibility index (Phi) is 3.46. The van der Waals surface area contributed by atoms with Gasteiger partial charge in [-0.1, -0.05) is 35.3 Å². The van der Waals surface area contributed by atoms with Crippen LogP contribution in [-0.2, 0) is 0 Å². The van der Waals surface area contributed by atoms with E-state index in [4.69, 9.17) is 23.2 Å². The average molecular weight is 308 g/mol. The predicted molar refractivity (Wildman–Crippen MR) is 81.3 cm³/mol. The second-order valence-corrected chi connectivity index (χ2v) is 4.94. The standard InChI is InChI=1S/C13H11Cl2N5/c1-2-16-13-18-11(8-6-17-20-12(8)19-13)7-4-3-5-9(14)10(7)15/h3-6H,2H2,1H3,(H2,16,17,18,19,20). The third-order valence-corrected chi connectivity index (χ3v) is 3.67. The summed E-state index contributed by atoms with van der Waals surface area (Å²) in [4.78, 5) is 8.86. The van der Waals surface area contributed by atoms with Gasteiger partial charge in [0.05, 0.1) is 27.3 Å². The molecule has 3 rings (SSSR count). The van der Waals surface area contributed by atoms with Gasteiger partial charge >= 0.3 is 0 Å². The zero-order valence-corrected chi connectivity index (χ0v) is 12.1. The molecule has 0 saturated carbocycles. The molecule has 2 heterocycles. The summed E-state index contributed by atoms with van der Waals surface area (Å²) >= 11 is 12.4. The average Bonchev–Trinajstić information content (AvgIpc) is 2.90. The Balaban J connectivity index is 2.28. The quantitative estimate of drug-likeness (QED) is 0.773. The van der Waals surface area contributed by atoms with Crippen molar-refractivity contribution in [2.75, 3.05) is 11.9 Å². The number of nitrogens with zero attached hydrogens (tertiary/aromatic N) is 3. The number of hydrogen-bond acceptors (Lipinski definition) is 4. The molecule has 3 aromatic rings. The number of halogens is 2. The van der Waals surface area contributed by atoms with E-state index in [2.05, 4.69) is 25.5 Å². The van der Waals surface area contributed by atoms with Gasteiger partial charge in [0.25, 0.3) is 0 Å². The highest BCUT2D eigenvalue weighted by Crippen LogP contribution is 2.35. The zero-order valence-electron chi connectivity index (χ0n) is 10.6. The molecule has 0 spiro atoms. The molecule has 20 heavy (non-hydrogen) atoms. The van der Waals surface area contributed by atoms with Crippen molar-refractivity contribution in [3.05, 3.63) is 34.4 Å². The first kappa shape index (κ1) is 13.1. The Labute approximate surface area is 125 Å². The molecule has 2 N–H and O–H groups in total. The number of nitrogens with one attached hydrogen (secondary N) is 2. The van der Waals surface area contributed by atoms with Crippen molar-refractivity contribution in [2.24, 2.45) is 0 Å². The number of rotatable bonds is 3. The fourth-order valence-electron chi connectivity index (χ4n) is 1.96. The van der Waals surface area contributed by atoms with Crippen LogP contribution >= 0.6 is 23.2 Å². The van der Waals surface area contributed by atoms with E-state index in [9.17, 15) is 0 Å². The number of hydrogen-bond donors (Lipinski definition) is 2. The molecule has 0 aliphatic rings. The lowest BCUT2D eigenvalue weighted by Gasteiger charge is -2.08. The Morgan fingerprint density at radius 2 is 2.10 bits per heavy atom. The zero-order chi connectivity index (χ0) is 14.1. The molecule has 2 aromatic heterocycles. The highest BCUT2D eigenvalue weighted by atomic mass is 35.5. The van der Waals surface area contributed by atoms with Gasteiger partial charge in [-0.2, -0.15) is 10.1 Å². The molecule has 0 amide bonds. The summed E-state index contributed by atoms with van der Waals surface area (Å²) in [5, 5.41) is 11.7. The lowest BCUT2D eigenvalue weighted by Crippen LogP contribution is -2.03. The summed E-state index contributed by atoms with van der Waals surface area (Å²) in [5.41, 5.74) is 2.11. The summed E-state index contributed by atoms with van der Waals surface area (Å²) < 4.78 is 0. The van der Waals surface area contributed by atoms with E-state index < -0.39 is 0 Å². The van der Waals surface area contributed by atoms with Crippen molar-refractivity contribution >= 4 is 40.2 Å². The van der Waals surface area contributed by atoms with E-state index in [0.717, 1.165) is 17.5 Å². The minimum atomic E-state index is 0.470. The minimum absolute atomic E-state index is 0.470. The summed E-state index contributed by atoms with van der Waals surface area (Å²) in [7, 11) is 0. The number of benzene rings is 1. The van der Waals surface area contributed by atoms with Crippen molar-refractivity contribution in [3.63, 3.8) is 0 Å². The lowest BCUT2D eigenvalue weighted by molar-refractivity contribution is 1.07. The number of fused-ring (bicyclic) bond motifs is 1. The molecule has 0 radical (unpaired) electrons. The maximum Gasteiger partial charge on any atom is 0.225 e. The molecule has 0 fully saturated rings. The van der Waals surface area contributed by atoms with Gasteiger partial charge in [0.15, 0.2) is 5.65 Å². The molecule has 102 valence electrons. The van der Waals surface area contributed by atoms with Crippen LogP contribution in [0, 0.1) is 0 Å². The maximum absolute atomic E-state index is 6.28. The largest absolute Gasteiger partial charge is 0.354 e. The van der Waals surface area contributed by atoms with Crippen LogP contribution in [0.3, 0.4) is 0 Å². The molecule has 0 aliphatic carbocycles. The molecule has 7 heteroatoms. The molecule has 0 aliphatic heterocycles. The van der Waals surface area contributed by atoms with Crippen LogP contribution in [0.5, 0.6) is 0 Å². The monoisotopic (exact) mass is 307 g/mol. The number of H-pyrrole nitrogens is 1. The van der Waals surface area contributed by atoms with Crippen molar-refractivity contribution in [3.8, 4) is 11.3 Å². The smallest absolute Gasteiger partial charge is 0.225 e. The van der Waals surface area contributed by atoms with Crippen LogP contribution < -0.4 is 5.32 Å². The molecule has 1 aromatic carbocycles. The van der Waals surface area contributed by atoms with Crippen molar-refractivity contribution in [1.29, 1.82) is 0 Å². The van der Waals surface area contributed by atoms with Crippen LogP contribution in [0.2, 0.25) is 10.0 Å². The molecule has 0 unspecified atom stereocenters. The number of aromatic nitrogens is 4. The van der Waals surface area contributed by atoms with Gasteiger partial charge in [-0.3, -0.25) is 5.10 Å². The number of anilines is 1. The van der Waals surface area contributed by atoms with Crippen LogP contribution in [0.4, 0.5) is 5.95 Å². The SMILES string of the molecule is CCNc1nc(-c2cccc(Cl)c2Cl)c2cn[nH]c2n1. The fraction of sp³-hybridized carbons (Fsp3) is 0.154. The lowest BCUT2D eigenvalue weighted by atomic mass is 10.1. The highest BCUT2D eigenvalue weighted by Gasteiger charge is 2.15. The fourth-order valence-corrected chi connectivity index (χ4v) is 2.35. The first-order chi connectivity index (χ1) is 9.70. The van der Waals surface area contributed by atoms with Crippen LogP contribution in [-0.4, -0.2) is 26.7 Å². The van der Waals surface area contributed by atoms with Crippen molar-refractivity contribution in [2.45, 2.75) is 6.92 Å². The van der Waals surface area contributed by atoms with Crippen molar-refractivity contribution < 1.29 is 0 Å². The Hall–Kier alpha value is -1.85. The summed E-state index contributed by atoms with van der Waals surface area (Å²) in [6.07, 6.45) is 1.68. The van der Waals surface area contributed by atoms with E-state index in [1.54, 1.807) is 12.3 Å². The number of aromatic amines is 1. The molecular weight excluding hydrogens is 297 g/mol. The first-order valence-corrected chi connectivity index (χ1v) is 6.85. The second kappa shape index (κ2) is 5.26. The maximum atomic E-state index is 6.28.